The van der Waals surface area contributed by atoms with Gasteiger partial charge in [0.25, 0.3) is 0 Å². The molecular formula is C10H12O2. The van der Waals surface area contributed by atoms with Crippen LogP contribution >= 0.6 is 0 Å². The fourth-order valence-electron chi connectivity index (χ4n) is 0.808. The lowest BCUT2D eigenvalue weighted by molar-refractivity contribution is 0.272. The molecule has 0 aromatic heterocycles. The quantitative estimate of drug-likeness (QED) is 0.695. The van der Waals surface area contributed by atoms with Crippen molar-refractivity contribution in [1.82, 2.24) is 0 Å². The van der Waals surface area contributed by atoms with Gasteiger partial charge in [0.15, 0.2) is 0 Å². The lowest BCUT2D eigenvalue weighted by Gasteiger charge is -1.94. The van der Waals surface area contributed by atoms with Gasteiger partial charge in [0.1, 0.15) is 5.75 Å². The summed E-state index contributed by atoms with van der Waals surface area (Å²) in [5.74, 6) is 0.281. The molecule has 0 aliphatic rings. The molecule has 1 aromatic rings. The van der Waals surface area contributed by atoms with Gasteiger partial charge in [0.2, 0.25) is 0 Å². The number of phenolic OH excluding ortho intramolecular Hbond substituents is 1. The van der Waals surface area contributed by atoms with Gasteiger partial charge in [-0.3, -0.25) is 0 Å². The lowest BCUT2D eigenvalue weighted by atomic mass is 10.2. The third-order valence-electron chi connectivity index (χ3n) is 1.42. The molecule has 0 fully saturated rings. The largest absolute Gasteiger partial charge is 0.508 e. The number of aromatic hydroxyl groups is 1. The maximum atomic E-state index is 8.97. The molecule has 0 unspecified atom stereocenters. The van der Waals surface area contributed by atoms with Gasteiger partial charge >= 0.3 is 0 Å². The molecule has 1 aromatic carbocycles. The van der Waals surface area contributed by atoms with E-state index in [-0.39, 0.29) is 5.75 Å². The first-order valence-electron chi connectivity index (χ1n) is 3.90. The van der Waals surface area contributed by atoms with Gasteiger partial charge < -0.3 is 9.84 Å². The minimum Gasteiger partial charge on any atom is -0.508 e. The van der Waals surface area contributed by atoms with E-state index in [1.54, 1.807) is 18.4 Å². The summed E-state index contributed by atoms with van der Waals surface area (Å²) in [6.45, 7) is 2.61. The fourth-order valence-corrected chi connectivity index (χ4v) is 0.808. The van der Waals surface area contributed by atoms with Crippen LogP contribution in [0.1, 0.15) is 12.5 Å². The van der Waals surface area contributed by atoms with E-state index in [0.717, 1.165) is 5.56 Å². The summed E-state index contributed by atoms with van der Waals surface area (Å²) in [4.78, 5) is 0. The maximum absolute atomic E-state index is 8.97. The van der Waals surface area contributed by atoms with Gasteiger partial charge in [-0.25, -0.2) is 0 Å². The van der Waals surface area contributed by atoms with Crippen LogP contribution in [-0.2, 0) is 4.74 Å². The monoisotopic (exact) mass is 164 g/mol. The van der Waals surface area contributed by atoms with Crippen molar-refractivity contribution in [1.29, 1.82) is 0 Å². The predicted octanol–water partition coefficient (Wildman–Crippen LogP) is 2.40. The number of benzene rings is 1. The van der Waals surface area contributed by atoms with E-state index in [9.17, 15) is 0 Å². The topological polar surface area (TPSA) is 29.5 Å². The highest BCUT2D eigenvalue weighted by Gasteiger charge is 1.86. The van der Waals surface area contributed by atoms with Crippen molar-refractivity contribution in [2.24, 2.45) is 0 Å². The molecule has 12 heavy (non-hydrogen) atoms. The number of ether oxygens (including phenoxy) is 1. The number of phenols is 1. The van der Waals surface area contributed by atoms with Gasteiger partial charge in [-0.15, -0.1) is 0 Å². The number of hydrogen-bond acceptors (Lipinski definition) is 2. The Morgan fingerprint density at radius 2 is 2.00 bits per heavy atom. The Balaban J connectivity index is 2.58. The molecule has 1 rings (SSSR count). The minimum absolute atomic E-state index is 0.281. The molecule has 0 aliphatic carbocycles. The summed E-state index contributed by atoms with van der Waals surface area (Å²) in [5, 5.41) is 8.97. The summed E-state index contributed by atoms with van der Waals surface area (Å²) < 4.78 is 5.02. The molecule has 0 spiro atoms. The first-order chi connectivity index (χ1) is 5.83. The SMILES string of the molecule is CCOC=Cc1ccc(O)cc1. The number of hydrogen-bond donors (Lipinski definition) is 1. The molecule has 2 nitrogen and oxygen atoms in total. The predicted molar refractivity (Wildman–Crippen MR) is 48.8 cm³/mol. The highest BCUT2D eigenvalue weighted by atomic mass is 16.5. The second-order valence-corrected chi connectivity index (χ2v) is 2.35. The molecule has 0 atom stereocenters. The molecule has 0 bridgehead atoms. The van der Waals surface area contributed by atoms with Crippen molar-refractivity contribution in [2.45, 2.75) is 6.92 Å². The second-order valence-electron chi connectivity index (χ2n) is 2.35. The highest BCUT2D eigenvalue weighted by molar-refractivity contribution is 5.49. The molecule has 0 saturated heterocycles. The van der Waals surface area contributed by atoms with Crippen molar-refractivity contribution >= 4 is 6.08 Å². The fraction of sp³-hybridized carbons (Fsp3) is 0.200. The Hall–Kier alpha value is -1.44. The van der Waals surface area contributed by atoms with Crippen LogP contribution in [0.4, 0.5) is 0 Å². The van der Waals surface area contributed by atoms with E-state index in [1.165, 1.54) is 0 Å². The molecule has 0 saturated carbocycles. The number of rotatable bonds is 3. The van der Waals surface area contributed by atoms with Gasteiger partial charge in [-0.1, -0.05) is 12.1 Å². The van der Waals surface area contributed by atoms with Crippen molar-refractivity contribution in [3.63, 3.8) is 0 Å². The Kier molecular flexibility index (Phi) is 3.20. The van der Waals surface area contributed by atoms with E-state index in [4.69, 9.17) is 9.84 Å². The van der Waals surface area contributed by atoms with Crippen LogP contribution < -0.4 is 0 Å². The second kappa shape index (κ2) is 4.44. The first-order valence-corrected chi connectivity index (χ1v) is 3.90. The average Bonchev–Trinajstić information content (AvgIpc) is 2.09. The summed E-state index contributed by atoms with van der Waals surface area (Å²) in [6.07, 6.45) is 3.50. The molecule has 0 heterocycles. The molecule has 1 N–H and O–H groups in total. The maximum Gasteiger partial charge on any atom is 0.115 e. The lowest BCUT2D eigenvalue weighted by Crippen LogP contribution is -1.76. The highest BCUT2D eigenvalue weighted by Crippen LogP contribution is 2.10. The van der Waals surface area contributed by atoms with Gasteiger partial charge in [-0.2, -0.15) is 0 Å². The van der Waals surface area contributed by atoms with Crippen molar-refractivity contribution in [2.75, 3.05) is 6.61 Å². The van der Waals surface area contributed by atoms with Gasteiger partial charge in [-0.05, 0) is 30.7 Å². The molecule has 0 aliphatic heterocycles. The standard InChI is InChI=1S/C10H12O2/c1-2-12-8-7-9-3-5-10(11)6-4-9/h3-8,11H,2H2,1H3. The van der Waals surface area contributed by atoms with E-state index < -0.39 is 0 Å². The Labute approximate surface area is 72.1 Å². The van der Waals surface area contributed by atoms with Crippen LogP contribution in [0.15, 0.2) is 30.5 Å². The zero-order chi connectivity index (χ0) is 8.81. The van der Waals surface area contributed by atoms with Crippen LogP contribution in [0.5, 0.6) is 5.75 Å². The Bertz CT molecular complexity index is 249. The van der Waals surface area contributed by atoms with Gasteiger partial charge in [0.05, 0.1) is 12.9 Å². The summed E-state index contributed by atoms with van der Waals surface area (Å²) in [6, 6.07) is 6.94. The van der Waals surface area contributed by atoms with Crippen LogP contribution in [-0.4, -0.2) is 11.7 Å². The molecular weight excluding hydrogens is 152 g/mol. The first kappa shape index (κ1) is 8.65. The van der Waals surface area contributed by atoms with Crippen molar-refractivity contribution < 1.29 is 9.84 Å². The van der Waals surface area contributed by atoms with E-state index >= 15 is 0 Å². The average molecular weight is 164 g/mol. The summed E-state index contributed by atoms with van der Waals surface area (Å²) >= 11 is 0. The van der Waals surface area contributed by atoms with Crippen LogP contribution in [0, 0.1) is 0 Å². The van der Waals surface area contributed by atoms with E-state index in [1.807, 2.05) is 25.1 Å². The smallest absolute Gasteiger partial charge is 0.115 e. The zero-order valence-electron chi connectivity index (χ0n) is 7.03. The third kappa shape index (κ3) is 2.66. The van der Waals surface area contributed by atoms with Crippen molar-refractivity contribution in [3.05, 3.63) is 36.1 Å². The minimum atomic E-state index is 0.281. The van der Waals surface area contributed by atoms with Crippen LogP contribution in [0.25, 0.3) is 6.08 Å². The Morgan fingerprint density at radius 3 is 2.58 bits per heavy atom. The summed E-state index contributed by atoms with van der Waals surface area (Å²) in [5.41, 5.74) is 1.02. The molecule has 2 heteroatoms. The molecule has 64 valence electrons. The normalized spacial score (nSPS) is 10.4. The van der Waals surface area contributed by atoms with Crippen LogP contribution in [0.3, 0.4) is 0 Å². The molecule has 0 amide bonds. The van der Waals surface area contributed by atoms with Gasteiger partial charge in [0, 0.05) is 0 Å². The van der Waals surface area contributed by atoms with Crippen molar-refractivity contribution in [3.8, 4) is 5.75 Å². The van der Waals surface area contributed by atoms with Crippen LogP contribution in [0.2, 0.25) is 0 Å². The third-order valence-corrected chi connectivity index (χ3v) is 1.42. The van der Waals surface area contributed by atoms with E-state index in [0.29, 0.717) is 6.61 Å². The van der Waals surface area contributed by atoms with E-state index in [2.05, 4.69) is 0 Å². The Morgan fingerprint density at radius 1 is 1.33 bits per heavy atom. The summed E-state index contributed by atoms with van der Waals surface area (Å²) in [7, 11) is 0. The zero-order valence-corrected chi connectivity index (χ0v) is 7.03. The molecule has 0 radical (unpaired) electrons.